The Bertz CT molecular complexity index is 1260. The lowest BCUT2D eigenvalue weighted by Gasteiger charge is -2.04. The van der Waals surface area contributed by atoms with Crippen LogP contribution in [0.3, 0.4) is 0 Å². The van der Waals surface area contributed by atoms with Gasteiger partial charge in [-0.2, -0.15) is 5.10 Å². The van der Waals surface area contributed by atoms with E-state index >= 15 is 0 Å². The number of ether oxygens (including phenoxy) is 1. The Balaban J connectivity index is 1.37. The molecule has 0 radical (unpaired) electrons. The number of carbonyl (C=O) groups is 1. The maximum absolute atomic E-state index is 12.6. The van der Waals surface area contributed by atoms with Gasteiger partial charge in [0.1, 0.15) is 23.1 Å². The van der Waals surface area contributed by atoms with Crippen LogP contribution in [0.5, 0.6) is 5.75 Å². The van der Waals surface area contributed by atoms with Crippen LogP contribution in [0, 0.1) is 0 Å². The molecule has 0 aliphatic carbocycles. The Hall–Kier alpha value is -2.45. The van der Waals surface area contributed by atoms with Gasteiger partial charge < -0.3 is 14.5 Å². The van der Waals surface area contributed by atoms with Gasteiger partial charge in [0, 0.05) is 10.7 Å². The molecule has 0 bridgehead atoms. The van der Waals surface area contributed by atoms with Crippen molar-refractivity contribution in [1.29, 1.82) is 0 Å². The largest absolute Gasteiger partial charge is 0.486 e. The lowest BCUT2D eigenvalue weighted by molar-refractivity contribution is 0.0992. The average Bonchev–Trinajstić information content (AvgIpc) is 3.37. The Labute approximate surface area is 207 Å². The standard InChI is InChI=1S/C22H15BrCl3N3O3/c23-14-2-4-15(5-3-14)31-12-16-6-8-20(32-16)22(30)27-21-19(26)11-29(28-21)10-13-1-7-17(24)18(25)9-13/h1-9,11H,10,12H2,(H,27,28,30). The van der Waals surface area contributed by atoms with Gasteiger partial charge >= 0.3 is 0 Å². The number of hydrogen-bond acceptors (Lipinski definition) is 4. The van der Waals surface area contributed by atoms with E-state index in [-0.39, 0.29) is 18.2 Å². The third-order valence-electron chi connectivity index (χ3n) is 4.36. The maximum atomic E-state index is 12.6. The molecule has 6 nitrogen and oxygen atoms in total. The van der Waals surface area contributed by atoms with Gasteiger partial charge in [-0.3, -0.25) is 9.48 Å². The van der Waals surface area contributed by atoms with Gasteiger partial charge in [0.2, 0.25) is 0 Å². The highest BCUT2D eigenvalue weighted by Crippen LogP contribution is 2.25. The molecule has 10 heteroatoms. The van der Waals surface area contributed by atoms with E-state index in [0.717, 1.165) is 10.0 Å². The Morgan fingerprint density at radius 3 is 2.56 bits per heavy atom. The molecular weight excluding hydrogens is 541 g/mol. The number of furan rings is 1. The number of halogens is 4. The number of benzene rings is 2. The summed E-state index contributed by atoms with van der Waals surface area (Å²) in [6, 6.07) is 16.0. The van der Waals surface area contributed by atoms with E-state index in [0.29, 0.717) is 33.1 Å². The van der Waals surface area contributed by atoms with Crippen molar-refractivity contribution in [2.24, 2.45) is 0 Å². The van der Waals surface area contributed by atoms with E-state index in [1.54, 1.807) is 35.1 Å². The number of aromatic nitrogens is 2. The number of amides is 1. The van der Waals surface area contributed by atoms with Crippen LogP contribution in [-0.2, 0) is 13.2 Å². The molecule has 0 aliphatic rings. The highest BCUT2D eigenvalue weighted by Gasteiger charge is 2.16. The average molecular weight is 556 g/mol. The van der Waals surface area contributed by atoms with Gasteiger partial charge in [0.25, 0.3) is 5.91 Å². The lowest BCUT2D eigenvalue weighted by Crippen LogP contribution is -2.12. The van der Waals surface area contributed by atoms with Crippen LogP contribution >= 0.6 is 50.7 Å². The minimum absolute atomic E-state index is 0.120. The summed E-state index contributed by atoms with van der Waals surface area (Å²) in [6.45, 7) is 0.596. The normalized spacial score (nSPS) is 10.9. The molecular formula is C22H15BrCl3N3O3. The summed E-state index contributed by atoms with van der Waals surface area (Å²) in [5.41, 5.74) is 0.887. The first-order valence-corrected chi connectivity index (χ1v) is 11.3. The summed E-state index contributed by atoms with van der Waals surface area (Å²) in [4.78, 5) is 12.6. The summed E-state index contributed by atoms with van der Waals surface area (Å²) >= 11 is 21.6. The molecule has 2 heterocycles. The molecule has 0 unspecified atom stereocenters. The predicted molar refractivity (Wildman–Crippen MR) is 128 cm³/mol. The van der Waals surface area contributed by atoms with Crippen molar-refractivity contribution >= 4 is 62.5 Å². The Morgan fingerprint density at radius 2 is 1.81 bits per heavy atom. The molecule has 0 spiro atoms. The molecule has 0 aliphatic heterocycles. The molecule has 2 aromatic heterocycles. The van der Waals surface area contributed by atoms with Crippen molar-refractivity contribution in [1.82, 2.24) is 9.78 Å². The van der Waals surface area contributed by atoms with Gasteiger partial charge in [0.05, 0.1) is 16.6 Å². The van der Waals surface area contributed by atoms with E-state index in [9.17, 15) is 4.79 Å². The SMILES string of the molecule is O=C(Nc1nn(Cc2ccc(Cl)c(Cl)c2)cc1Cl)c1ccc(COc2ccc(Br)cc2)o1. The molecule has 1 N–H and O–H groups in total. The van der Waals surface area contributed by atoms with Crippen molar-refractivity contribution in [3.63, 3.8) is 0 Å². The molecule has 1 amide bonds. The summed E-state index contributed by atoms with van der Waals surface area (Å²) in [6.07, 6.45) is 1.61. The molecule has 0 fully saturated rings. The Morgan fingerprint density at radius 1 is 1.03 bits per heavy atom. The van der Waals surface area contributed by atoms with Crippen molar-refractivity contribution < 1.29 is 13.9 Å². The maximum Gasteiger partial charge on any atom is 0.292 e. The third kappa shape index (κ3) is 5.66. The minimum Gasteiger partial charge on any atom is -0.486 e. The molecule has 0 atom stereocenters. The van der Waals surface area contributed by atoms with Gasteiger partial charge in [0.15, 0.2) is 11.6 Å². The van der Waals surface area contributed by atoms with Crippen LogP contribution in [0.25, 0.3) is 0 Å². The second-order valence-corrected chi connectivity index (χ2v) is 8.87. The van der Waals surface area contributed by atoms with Crippen LogP contribution in [0.15, 0.2) is 69.7 Å². The molecule has 164 valence electrons. The first-order valence-electron chi connectivity index (χ1n) is 9.33. The zero-order valence-corrected chi connectivity index (χ0v) is 20.2. The summed E-state index contributed by atoms with van der Waals surface area (Å²) in [5, 5.41) is 8.20. The first-order chi connectivity index (χ1) is 15.4. The molecule has 32 heavy (non-hydrogen) atoms. The summed E-state index contributed by atoms with van der Waals surface area (Å²) in [7, 11) is 0. The van der Waals surface area contributed by atoms with Crippen LogP contribution in [-0.4, -0.2) is 15.7 Å². The Kier molecular flexibility index (Phi) is 7.10. The zero-order chi connectivity index (χ0) is 22.7. The monoisotopic (exact) mass is 553 g/mol. The fourth-order valence-electron chi connectivity index (χ4n) is 2.82. The summed E-state index contributed by atoms with van der Waals surface area (Å²) in [5.74, 6) is 1.07. The van der Waals surface area contributed by atoms with Crippen molar-refractivity contribution in [3.05, 3.63) is 97.4 Å². The summed E-state index contributed by atoms with van der Waals surface area (Å²) < 4.78 is 13.8. The van der Waals surface area contributed by atoms with Gasteiger partial charge in [-0.1, -0.05) is 56.8 Å². The molecule has 4 aromatic rings. The molecule has 0 saturated heterocycles. The van der Waals surface area contributed by atoms with E-state index < -0.39 is 5.91 Å². The topological polar surface area (TPSA) is 69.3 Å². The lowest BCUT2D eigenvalue weighted by atomic mass is 10.2. The zero-order valence-electron chi connectivity index (χ0n) is 16.3. The highest BCUT2D eigenvalue weighted by atomic mass is 79.9. The second-order valence-electron chi connectivity index (χ2n) is 6.73. The number of nitrogens with zero attached hydrogens (tertiary/aromatic N) is 2. The number of hydrogen-bond donors (Lipinski definition) is 1. The van der Waals surface area contributed by atoms with Crippen molar-refractivity contribution in [3.8, 4) is 5.75 Å². The van der Waals surface area contributed by atoms with Crippen LogP contribution in [0.4, 0.5) is 5.82 Å². The second kappa shape index (κ2) is 10.0. The van der Waals surface area contributed by atoms with Crippen molar-refractivity contribution in [2.75, 3.05) is 5.32 Å². The van der Waals surface area contributed by atoms with Crippen molar-refractivity contribution in [2.45, 2.75) is 13.2 Å². The van der Waals surface area contributed by atoms with E-state index in [4.69, 9.17) is 44.0 Å². The van der Waals surface area contributed by atoms with E-state index in [2.05, 4.69) is 26.3 Å². The third-order valence-corrected chi connectivity index (χ3v) is 5.90. The number of rotatable bonds is 7. The van der Waals surface area contributed by atoms with E-state index in [1.807, 2.05) is 30.3 Å². The number of nitrogens with one attached hydrogen (secondary N) is 1. The van der Waals surface area contributed by atoms with Gasteiger partial charge in [-0.25, -0.2) is 0 Å². The smallest absolute Gasteiger partial charge is 0.292 e. The number of anilines is 1. The quantitative estimate of drug-likeness (QED) is 0.265. The van der Waals surface area contributed by atoms with E-state index in [1.165, 1.54) is 0 Å². The van der Waals surface area contributed by atoms with Crippen LogP contribution < -0.4 is 10.1 Å². The van der Waals surface area contributed by atoms with Crippen LogP contribution in [0.1, 0.15) is 21.9 Å². The molecule has 2 aromatic carbocycles. The number of carbonyl (C=O) groups excluding carboxylic acids is 1. The van der Waals surface area contributed by atoms with Gasteiger partial charge in [-0.15, -0.1) is 0 Å². The highest BCUT2D eigenvalue weighted by molar-refractivity contribution is 9.10. The van der Waals surface area contributed by atoms with Gasteiger partial charge in [-0.05, 0) is 54.1 Å². The fourth-order valence-corrected chi connectivity index (χ4v) is 3.60. The first kappa shape index (κ1) is 22.7. The minimum atomic E-state index is -0.471. The molecule has 4 rings (SSSR count). The fraction of sp³-hybridized carbons (Fsp3) is 0.0909. The predicted octanol–water partition coefficient (Wildman–Crippen LogP) is 7.08. The van der Waals surface area contributed by atoms with Crippen LogP contribution in [0.2, 0.25) is 15.1 Å². The molecule has 0 saturated carbocycles.